The van der Waals surface area contributed by atoms with Gasteiger partial charge in [0.05, 0.1) is 12.1 Å². The molecule has 0 amide bonds. The zero-order valence-corrected chi connectivity index (χ0v) is 11.0. The molecule has 0 saturated carbocycles. The summed E-state index contributed by atoms with van der Waals surface area (Å²) in [5.74, 6) is 2.13. The van der Waals surface area contributed by atoms with E-state index in [2.05, 4.69) is 19.7 Å². The first-order valence-corrected chi connectivity index (χ1v) is 6.27. The molecule has 0 radical (unpaired) electrons. The molecule has 1 aliphatic rings. The molecule has 0 fully saturated rings. The molecular formula is C12H22N4O. The molecule has 17 heavy (non-hydrogen) atoms. The van der Waals surface area contributed by atoms with Gasteiger partial charge in [-0.1, -0.05) is 0 Å². The van der Waals surface area contributed by atoms with Crippen LogP contribution in [0.3, 0.4) is 0 Å². The number of aromatic nitrogens is 3. The third-order valence-corrected chi connectivity index (χ3v) is 3.00. The van der Waals surface area contributed by atoms with E-state index in [1.165, 1.54) is 12.8 Å². The zero-order chi connectivity index (χ0) is 12.5. The standard InChI is InChI=1S/C12H22N4O/c1-12(2,17)9-15(3)8-11-14-13-10-6-4-5-7-16(10)11/h17H,4-9H2,1-3H3. The summed E-state index contributed by atoms with van der Waals surface area (Å²) in [7, 11) is 2.00. The molecule has 1 aromatic rings. The predicted molar refractivity (Wildman–Crippen MR) is 65.6 cm³/mol. The average molecular weight is 238 g/mol. The fraction of sp³-hybridized carbons (Fsp3) is 0.833. The number of aliphatic hydroxyl groups is 1. The van der Waals surface area contributed by atoms with Crippen LogP contribution < -0.4 is 0 Å². The van der Waals surface area contributed by atoms with Gasteiger partial charge in [-0.25, -0.2) is 0 Å². The Morgan fingerprint density at radius 2 is 2.12 bits per heavy atom. The number of nitrogens with zero attached hydrogens (tertiary/aromatic N) is 4. The molecule has 0 aliphatic carbocycles. The van der Waals surface area contributed by atoms with Crippen molar-refractivity contribution in [3.63, 3.8) is 0 Å². The van der Waals surface area contributed by atoms with Gasteiger partial charge in [-0.3, -0.25) is 4.90 Å². The third-order valence-electron chi connectivity index (χ3n) is 3.00. The van der Waals surface area contributed by atoms with Gasteiger partial charge in [0.1, 0.15) is 11.6 Å². The van der Waals surface area contributed by atoms with Gasteiger partial charge in [-0.2, -0.15) is 0 Å². The molecule has 5 heteroatoms. The van der Waals surface area contributed by atoms with Crippen molar-refractivity contribution in [3.8, 4) is 0 Å². The molecule has 1 N–H and O–H groups in total. The molecule has 2 heterocycles. The number of hydrogen-bond donors (Lipinski definition) is 1. The van der Waals surface area contributed by atoms with Crippen molar-refractivity contribution in [2.45, 2.75) is 51.8 Å². The maximum atomic E-state index is 9.77. The molecule has 2 rings (SSSR count). The van der Waals surface area contributed by atoms with E-state index < -0.39 is 5.60 Å². The van der Waals surface area contributed by atoms with Gasteiger partial charge in [-0.05, 0) is 33.7 Å². The summed E-state index contributed by atoms with van der Waals surface area (Å²) in [6.45, 7) is 6.06. The second-order valence-corrected chi connectivity index (χ2v) is 5.63. The Bertz CT molecular complexity index is 380. The van der Waals surface area contributed by atoms with Crippen LogP contribution in [0.5, 0.6) is 0 Å². The highest BCUT2D eigenvalue weighted by atomic mass is 16.3. The quantitative estimate of drug-likeness (QED) is 0.843. The second-order valence-electron chi connectivity index (χ2n) is 5.63. The fourth-order valence-corrected chi connectivity index (χ4v) is 2.44. The van der Waals surface area contributed by atoms with Gasteiger partial charge < -0.3 is 9.67 Å². The molecule has 1 aromatic heterocycles. The van der Waals surface area contributed by atoms with E-state index in [0.29, 0.717) is 6.54 Å². The molecule has 1 aliphatic heterocycles. The summed E-state index contributed by atoms with van der Waals surface area (Å²) < 4.78 is 2.23. The van der Waals surface area contributed by atoms with Crippen LogP contribution in [0, 0.1) is 0 Å². The lowest BCUT2D eigenvalue weighted by atomic mass is 10.1. The van der Waals surface area contributed by atoms with Crippen LogP contribution >= 0.6 is 0 Å². The van der Waals surface area contributed by atoms with E-state index in [4.69, 9.17) is 0 Å². The number of rotatable bonds is 4. The summed E-state index contributed by atoms with van der Waals surface area (Å²) in [5.41, 5.74) is -0.667. The Morgan fingerprint density at radius 3 is 2.82 bits per heavy atom. The van der Waals surface area contributed by atoms with Gasteiger partial charge in [0.2, 0.25) is 0 Å². The minimum atomic E-state index is -0.667. The predicted octanol–water partition coefficient (Wildman–Crippen LogP) is 0.817. The van der Waals surface area contributed by atoms with Crippen molar-refractivity contribution < 1.29 is 5.11 Å². The average Bonchev–Trinajstić information content (AvgIpc) is 2.59. The van der Waals surface area contributed by atoms with E-state index in [-0.39, 0.29) is 0 Å². The van der Waals surface area contributed by atoms with Crippen LogP contribution in [0.1, 0.15) is 38.3 Å². The van der Waals surface area contributed by atoms with Gasteiger partial charge in [-0.15, -0.1) is 10.2 Å². The van der Waals surface area contributed by atoms with Crippen LogP contribution in [0.2, 0.25) is 0 Å². The molecule has 0 saturated heterocycles. The normalized spacial score (nSPS) is 16.3. The second kappa shape index (κ2) is 4.74. The molecular weight excluding hydrogens is 216 g/mol. The Labute approximate surface area is 102 Å². The smallest absolute Gasteiger partial charge is 0.147 e. The molecule has 0 spiro atoms. The Balaban J connectivity index is 2.01. The van der Waals surface area contributed by atoms with Crippen LogP contribution in [0.15, 0.2) is 0 Å². The van der Waals surface area contributed by atoms with Gasteiger partial charge in [0.15, 0.2) is 0 Å². The highest BCUT2D eigenvalue weighted by Gasteiger charge is 2.20. The van der Waals surface area contributed by atoms with E-state index >= 15 is 0 Å². The summed E-state index contributed by atoms with van der Waals surface area (Å²) in [6.07, 6.45) is 3.48. The first-order valence-electron chi connectivity index (χ1n) is 6.27. The SMILES string of the molecule is CN(Cc1nnc2n1CCCC2)CC(C)(C)O. The minimum absolute atomic E-state index is 0.634. The Hall–Kier alpha value is -0.940. The maximum absolute atomic E-state index is 9.77. The van der Waals surface area contributed by atoms with Crippen LogP contribution in [0.25, 0.3) is 0 Å². The molecule has 5 nitrogen and oxygen atoms in total. The molecule has 0 atom stereocenters. The number of likely N-dealkylation sites (N-methyl/N-ethyl adjacent to an activating group) is 1. The lowest BCUT2D eigenvalue weighted by molar-refractivity contribution is 0.0414. The lowest BCUT2D eigenvalue weighted by Crippen LogP contribution is -2.36. The van der Waals surface area contributed by atoms with E-state index in [1.807, 2.05) is 20.9 Å². The number of aryl methyl sites for hydroxylation is 1. The highest BCUT2D eigenvalue weighted by Crippen LogP contribution is 2.15. The first-order chi connectivity index (χ1) is 7.96. The van der Waals surface area contributed by atoms with E-state index in [9.17, 15) is 5.11 Å². The van der Waals surface area contributed by atoms with Crippen molar-refractivity contribution in [2.75, 3.05) is 13.6 Å². The fourth-order valence-electron chi connectivity index (χ4n) is 2.44. The highest BCUT2D eigenvalue weighted by molar-refractivity contribution is 4.98. The van der Waals surface area contributed by atoms with Crippen molar-refractivity contribution in [1.82, 2.24) is 19.7 Å². The maximum Gasteiger partial charge on any atom is 0.147 e. The van der Waals surface area contributed by atoms with Crippen LogP contribution in [0.4, 0.5) is 0 Å². The topological polar surface area (TPSA) is 54.2 Å². The van der Waals surface area contributed by atoms with Crippen molar-refractivity contribution in [1.29, 1.82) is 0 Å². The third kappa shape index (κ3) is 3.26. The van der Waals surface area contributed by atoms with Gasteiger partial charge in [0, 0.05) is 19.5 Å². The van der Waals surface area contributed by atoms with Crippen molar-refractivity contribution in [2.24, 2.45) is 0 Å². The first kappa shape index (κ1) is 12.5. The molecule has 0 unspecified atom stereocenters. The number of hydrogen-bond acceptors (Lipinski definition) is 4. The lowest BCUT2D eigenvalue weighted by Gasteiger charge is -2.25. The number of fused-ring (bicyclic) bond motifs is 1. The van der Waals surface area contributed by atoms with E-state index in [0.717, 1.165) is 31.2 Å². The minimum Gasteiger partial charge on any atom is -0.389 e. The molecule has 0 aromatic carbocycles. The summed E-state index contributed by atoms with van der Waals surface area (Å²) in [4.78, 5) is 2.09. The van der Waals surface area contributed by atoms with Crippen LogP contribution in [-0.2, 0) is 19.5 Å². The largest absolute Gasteiger partial charge is 0.389 e. The Kier molecular flexibility index (Phi) is 3.49. The summed E-state index contributed by atoms with van der Waals surface area (Å²) in [5, 5.41) is 18.3. The van der Waals surface area contributed by atoms with Gasteiger partial charge >= 0.3 is 0 Å². The van der Waals surface area contributed by atoms with Crippen LogP contribution in [-0.4, -0.2) is 44.0 Å². The monoisotopic (exact) mass is 238 g/mol. The zero-order valence-electron chi connectivity index (χ0n) is 11.0. The Morgan fingerprint density at radius 1 is 1.35 bits per heavy atom. The van der Waals surface area contributed by atoms with Crippen molar-refractivity contribution in [3.05, 3.63) is 11.6 Å². The van der Waals surface area contributed by atoms with Gasteiger partial charge in [0.25, 0.3) is 0 Å². The van der Waals surface area contributed by atoms with Crippen molar-refractivity contribution >= 4 is 0 Å². The summed E-state index contributed by atoms with van der Waals surface area (Å²) >= 11 is 0. The molecule has 0 bridgehead atoms. The molecule has 96 valence electrons. The van der Waals surface area contributed by atoms with E-state index in [1.54, 1.807) is 0 Å². The summed E-state index contributed by atoms with van der Waals surface area (Å²) in [6, 6.07) is 0.